The Morgan fingerprint density at radius 3 is 2.79 bits per heavy atom. The molecule has 0 radical (unpaired) electrons. The van der Waals surface area contributed by atoms with E-state index in [0.29, 0.717) is 30.0 Å². The summed E-state index contributed by atoms with van der Waals surface area (Å²) in [6.45, 7) is 5.96. The lowest BCUT2D eigenvalue weighted by atomic mass is 10.2. The molecule has 2 N–H and O–H groups in total. The topological polar surface area (TPSA) is 86.9 Å². The molecule has 2 heterocycles. The number of rotatable bonds is 4. The number of hydrogen-bond acceptors (Lipinski definition) is 6. The number of pyridine rings is 1. The third kappa shape index (κ3) is 3.49. The van der Waals surface area contributed by atoms with Crippen LogP contribution in [-0.2, 0) is 4.74 Å². The number of hydrogen-bond donors (Lipinski definition) is 1. The van der Waals surface area contributed by atoms with Gasteiger partial charge in [0.2, 0.25) is 11.8 Å². The third-order valence-corrected chi connectivity index (χ3v) is 4.30. The van der Waals surface area contributed by atoms with Crippen molar-refractivity contribution in [2.45, 2.75) is 51.3 Å². The first-order chi connectivity index (χ1) is 11.3. The second-order valence-corrected chi connectivity index (χ2v) is 7.40. The molecule has 1 saturated heterocycles. The number of nitrogen functional groups attached to an aromatic ring is 1. The van der Waals surface area contributed by atoms with Crippen molar-refractivity contribution in [3.63, 3.8) is 0 Å². The van der Waals surface area contributed by atoms with E-state index in [1.165, 1.54) is 7.11 Å². The number of amides is 1. The molecule has 132 valence electrons. The maximum Gasteiger partial charge on any atom is 0.410 e. The average Bonchev–Trinajstić information content (AvgIpc) is 3.15. The minimum atomic E-state index is -0.506. The summed E-state index contributed by atoms with van der Waals surface area (Å²) in [6, 6.07) is 3.64. The van der Waals surface area contributed by atoms with E-state index in [1.807, 2.05) is 25.7 Å². The zero-order valence-electron chi connectivity index (χ0n) is 14.6. The lowest BCUT2D eigenvalue weighted by molar-refractivity contribution is 0.0137. The Hall–Kier alpha value is -2.18. The zero-order valence-corrected chi connectivity index (χ0v) is 14.6. The van der Waals surface area contributed by atoms with Gasteiger partial charge in [-0.3, -0.25) is 4.90 Å². The fourth-order valence-corrected chi connectivity index (χ4v) is 3.15. The summed E-state index contributed by atoms with van der Waals surface area (Å²) in [7, 11) is 1.54. The largest absolute Gasteiger partial charge is 0.481 e. The number of carbonyl (C=O) groups is 1. The van der Waals surface area contributed by atoms with Crippen molar-refractivity contribution in [2.24, 2.45) is 5.92 Å². The van der Waals surface area contributed by atoms with Gasteiger partial charge in [-0.05, 0) is 45.6 Å². The maximum absolute atomic E-state index is 12.5. The molecule has 0 bridgehead atoms. The Labute approximate surface area is 142 Å². The monoisotopic (exact) mass is 335 g/mol. The number of fused-ring (bicyclic) bond motifs is 1. The van der Waals surface area contributed by atoms with E-state index >= 15 is 0 Å². The van der Waals surface area contributed by atoms with Gasteiger partial charge in [-0.15, -0.1) is 0 Å². The van der Waals surface area contributed by atoms with Crippen LogP contribution >= 0.6 is 0 Å². The van der Waals surface area contributed by atoms with Crippen LogP contribution in [0.5, 0.6) is 11.8 Å². The van der Waals surface area contributed by atoms with Gasteiger partial charge in [0.05, 0.1) is 18.8 Å². The SMILES string of the molecule is COc1ccc(N)c(OC[C@H]2CC3CC3N2C(=O)OC(C)(C)C)n1. The van der Waals surface area contributed by atoms with Crippen LogP contribution in [0.25, 0.3) is 0 Å². The van der Waals surface area contributed by atoms with Crippen LogP contribution in [0, 0.1) is 5.92 Å². The highest BCUT2D eigenvalue weighted by molar-refractivity contribution is 5.70. The van der Waals surface area contributed by atoms with Crippen molar-refractivity contribution in [1.82, 2.24) is 9.88 Å². The molecule has 1 aliphatic carbocycles. The third-order valence-electron chi connectivity index (χ3n) is 4.30. The van der Waals surface area contributed by atoms with Crippen molar-refractivity contribution >= 4 is 11.8 Å². The first-order valence-corrected chi connectivity index (χ1v) is 8.23. The highest BCUT2D eigenvalue weighted by Crippen LogP contribution is 2.48. The Balaban J connectivity index is 1.65. The van der Waals surface area contributed by atoms with Gasteiger partial charge in [0.25, 0.3) is 0 Å². The fraction of sp³-hybridized carbons (Fsp3) is 0.647. The summed E-state index contributed by atoms with van der Waals surface area (Å²) >= 11 is 0. The van der Waals surface area contributed by atoms with E-state index in [0.717, 1.165) is 12.8 Å². The molecule has 2 fully saturated rings. The van der Waals surface area contributed by atoms with Gasteiger partial charge in [0, 0.05) is 12.1 Å². The standard InChI is InChI=1S/C17H25N3O4/c1-17(2,3)24-16(21)20-11(7-10-8-13(10)20)9-23-15-12(18)5-6-14(19-15)22-4/h5-6,10-11,13H,7-9,18H2,1-4H3/t10?,11-,13?/m1/s1. The van der Waals surface area contributed by atoms with Crippen LogP contribution in [0.2, 0.25) is 0 Å². The first kappa shape index (κ1) is 16.7. The van der Waals surface area contributed by atoms with E-state index in [2.05, 4.69) is 4.98 Å². The van der Waals surface area contributed by atoms with Gasteiger partial charge in [-0.25, -0.2) is 4.79 Å². The summed E-state index contributed by atoms with van der Waals surface area (Å²) in [5.41, 5.74) is 5.84. The molecular weight excluding hydrogens is 310 g/mol. The van der Waals surface area contributed by atoms with E-state index in [-0.39, 0.29) is 18.2 Å². The first-order valence-electron chi connectivity index (χ1n) is 8.23. The Kier molecular flexibility index (Phi) is 4.19. The normalized spacial score (nSPS) is 25.2. The second-order valence-electron chi connectivity index (χ2n) is 7.40. The number of likely N-dealkylation sites (tertiary alicyclic amines) is 1. The molecule has 24 heavy (non-hydrogen) atoms. The number of carbonyl (C=O) groups excluding carboxylic acids is 1. The molecule has 0 aromatic carbocycles. The Bertz CT molecular complexity index is 629. The molecular formula is C17H25N3O4. The van der Waals surface area contributed by atoms with Gasteiger partial charge in [-0.2, -0.15) is 4.98 Å². The second kappa shape index (κ2) is 6.03. The highest BCUT2D eigenvalue weighted by Gasteiger charge is 2.55. The minimum absolute atomic E-state index is 0.0176. The van der Waals surface area contributed by atoms with Crippen LogP contribution in [0.4, 0.5) is 10.5 Å². The maximum atomic E-state index is 12.5. The average molecular weight is 335 g/mol. The number of methoxy groups -OCH3 is 1. The number of nitrogens with two attached hydrogens (primary N) is 1. The number of aromatic nitrogens is 1. The summed E-state index contributed by atoms with van der Waals surface area (Å²) in [5.74, 6) is 1.33. The smallest absolute Gasteiger partial charge is 0.410 e. The summed E-state index contributed by atoms with van der Waals surface area (Å²) in [5, 5.41) is 0. The van der Waals surface area contributed by atoms with Crippen LogP contribution in [0.3, 0.4) is 0 Å². The molecule has 1 saturated carbocycles. The van der Waals surface area contributed by atoms with E-state index < -0.39 is 5.60 Å². The molecule has 7 nitrogen and oxygen atoms in total. The molecule has 1 aromatic rings. The van der Waals surface area contributed by atoms with Gasteiger partial charge >= 0.3 is 6.09 Å². The summed E-state index contributed by atoms with van der Waals surface area (Å²) < 4.78 is 16.4. The zero-order chi connectivity index (χ0) is 17.5. The van der Waals surface area contributed by atoms with Crippen LogP contribution in [0.15, 0.2) is 12.1 Å². The summed E-state index contributed by atoms with van der Waals surface area (Å²) in [6.07, 6.45) is 1.70. The van der Waals surface area contributed by atoms with Gasteiger partial charge in [0.15, 0.2) is 0 Å². The molecule has 2 aliphatic rings. The van der Waals surface area contributed by atoms with Crippen molar-refractivity contribution in [3.8, 4) is 11.8 Å². The van der Waals surface area contributed by atoms with Crippen LogP contribution < -0.4 is 15.2 Å². The molecule has 3 atom stereocenters. The van der Waals surface area contributed by atoms with Crippen molar-refractivity contribution in [1.29, 1.82) is 0 Å². The van der Waals surface area contributed by atoms with E-state index in [4.69, 9.17) is 19.9 Å². The Morgan fingerprint density at radius 1 is 1.38 bits per heavy atom. The van der Waals surface area contributed by atoms with Gasteiger partial charge in [-0.1, -0.05) is 0 Å². The van der Waals surface area contributed by atoms with E-state index in [1.54, 1.807) is 12.1 Å². The van der Waals surface area contributed by atoms with Crippen LogP contribution in [0.1, 0.15) is 33.6 Å². The number of piperidine rings is 1. The molecule has 1 aliphatic heterocycles. The molecule has 1 amide bonds. The molecule has 7 heteroatoms. The lowest BCUT2D eigenvalue weighted by Crippen LogP contribution is -2.44. The fourth-order valence-electron chi connectivity index (χ4n) is 3.15. The number of anilines is 1. The Morgan fingerprint density at radius 2 is 2.12 bits per heavy atom. The highest BCUT2D eigenvalue weighted by atomic mass is 16.6. The van der Waals surface area contributed by atoms with Crippen molar-refractivity contribution in [3.05, 3.63) is 12.1 Å². The number of nitrogens with zero attached hydrogens (tertiary/aromatic N) is 2. The van der Waals surface area contributed by atoms with E-state index in [9.17, 15) is 4.79 Å². The minimum Gasteiger partial charge on any atom is -0.481 e. The predicted octanol–water partition coefficient (Wildman–Crippen LogP) is 2.45. The molecule has 0 spiro atoms. The quantitative estimate of drug-likeness (QED) is 0.909. The van der Waals surface area contributed by atoms with Crippen molar-refractivity contribution in [2.75, 3.05) is 19.5 Å². The predicted molar refractivity (Wildman–Crippen MR) is 89.1 cm³/mol. The molecule has 3 rings (SSSR count). The van der Waals surface area contributed by atoms with Crippen LogP contribution in [-0.4, -0.2) is 47.4 Å². The summed E-state index contributed by atoms with van der Waals surface area (Å²) in [4.78, 5) is 18.5. The lowest BCUT2D eigenvalue weighted by Gasteiger charge is -2.30. The van der Waals surface area contributed by atoms with Crippen molar-refractivity contribution < 1.29 is 19.0 Å². The molecule has 1 aromatic heterocycles. The van der Waals surface area contributed by atoms with Gasteiger partial charge in [0.1, 0.15) is 12.2 Å². The van der Waals surface area contributed by atoms with Gasteiger partial charge < -0.3 is 19.9 Å². The number of ether oxygens (including phenoxy) is 3. The molecule has 2 unspecified atom stereocenters.